The van der Waals surface area contributed by atoms with E-state index >= 15 is 0 Å². The standard InChI is InChI=1S/C14H15BrN2O3S/c15-13-7-6-11(16)10-14(13)21(18,19)17-8-9-20-12-4-2-1-3-5-12/h1-7,10,17H,8-9,16H2. The van der Waals surface area contributed by atoms with Crippen LogP contribution in [0.4, 0.5) is 5.69 Å². The largest absolute Gasteiger partial charge is 0.492 e. The monoisotopic (exact) mass is 370 g/mol. The summed E-state index contributed by atoms with van der Waals surface area (Å²) in [6.07, 6.45) is 0. The molecule has 0 spiro atoms. The third-order valence-electron chi connectivity index (χ3n) is 2.65. The number of anilines is 1. The van der Waals surface area contributed by atoms with Crippen molar-refractivity contribution in [2.24, 2.45) is 0 Å². The molecule has 2 rings (SSSR count). The Hall–Kier alpha value is -1.57. The van der Waals surface area contributed by atoms with Crippen LogP contribution in [0.3, 0.4) is 0 Å². The van der Waals surface area contributed by atoms with E-state index in [1.807, 2.05) is 30.3 Å². The molecule has 0 saturated carbocycles. The maximum atomic E-state index is 12.2. The number of nitrogen functional groups attached to an aromatic ring is 1. The van der Waals surface area contributed by atoms with Crippen molar-refractivity contribution >= 4 is 31.6 Å². The van der Waals surface area contributed by atoms with Crippen LogP contribution in [0.15, 0.2) is 57.9 Å². The molecule has 3 N–H and O–H groups in total. The molecule has 0 heterocycles. The molecule has 112 valence electrons. The molecule has 0 fully saturated rings. The van der Waals surface area contributed by atoms with E-state index in [1.54, 1.807) is 12.1 Å². The minimum atomic E-state index is -3.62. The average Bonchev–Trinajstić information content (AvgIpc) is 2.47. The Balaban J connectivity index is 1.94. The normalized spacial score (nSPS) is 11.3. The van der Waals surface area contributed by atoms with Crippen molar-refractivity contribution < 1.29 is 13.2 Å². The summed E-state index contributed by atoms with van der Waals surface area (Å²) in [7, 11) is -3.62. The summed E-state index contributed by atoms with van der Waals surface area (Å²) in [5, 5.41) is 0. The molecular formula is C14H15BrN2O3S. The molecule has 0 bridgehead atoms. The highest BCUT2D eigenvalue weighted by atomic mass is 79.9. The van der Waals surface area contributed by atoms with E-state index in [1.165, 1.54) is 6.07 Å². The molecule has 21 heavy (non-hydrogen) atoms. The Morgan fingerprint density at radius 3 is 2.57 bits per heavy atom. The predicted octanol–water partition coefficient (Wildman–Crippen LogP) is 2.39. The Morgan fingerprint density at radius 1 is 1.14 bits per heavy atom. The van der Waals surface area contributed by atoms with Gasteiger partial charge in [0.1, 0.15) is 12.4 Å². The van der Waals surface area contributed by atoms with Crippen molar-refractivity contribution in [2.45, 2.75) is 4.90 Å². The van der Waals surface area contributed by atoms with Crippen molar-refractivity contribution in [2.75, 3.05) is 18.9 Å². The van der Waals surface area contributed by atoms with Crippen LogP contribution >= 0.6 is 15.9 Å². The van der Waals surface area contributed by atoms with Crippen molar-refractivity contribution in [1.29, 1.82) is 0 Å². The number of nitrogens with two attached hydrogens (primary N) is 1. The van der Waals surface area contributed by atoms with E-state index in [4.69, 9.17) is 10.5 Å². The van der Waals surface area contributed by atoms with Gasteiger partial charge in [0.2, 0.25) is 10.0 Å². The van der Waals surface area contributed by atoms with Crippen molar-refractivity contribution in [3.63, 3.8) is 0 Å². The molecule has 0 radical (unpaired) electrons. The summed E-state index contributed by atoms with van der Waals surface area (Å²) in [5.41, 5.74) is 6.01. The summed E-state index contributed by atoms with van der Waals surface area (Å²) < 4.78 is 32.7. The first-order chi connectivity index (χ1) is 9.99. The van der Waals surface area contributed by atoms with E-state index in [9.17, 15) is 8.42 Å². The fraction of sp³-hybridized carbons (Fsp3) is 0.143. The number of sulfonamides is 1. The molecule has 5 nitrogen and oxygen atoms in total. The van der Waals surface area contributed by atoms with Crippen molar-refractivity contribution in [3.8, 4) is 5.75 Å². The van der Waals surface area contributed by atoms with Crippen molar-refractivity contribution in [1.82, 2.24) is 4.72 Å². The smallest absolute Gasteiger partial charge is 0.241 e. The number of nitrogens with one attached hydrogen (secondary N) is 1. The van der Waals surface area contributed by atoms with Crippen LogP contribution < -0.4 is 15.2 Å². The highest BCUT2D eigenvalue weighted by molar-refractivity contribution is 9.10. The first kappa shape index (κ1) is 15.8. The van der Waals surface area contributed by atoms with Gasteiger partial charge in [-0.1, -0.05) is 18.2 Å². The lowest BCUT2D eigenvalue weighted by atomic mass is 10.3. The van der Waals surface area contributed by atoms with Crippen LogP contribution in [0, 0.1) is 0 Å². The second kappa shape index (κ2) is 6.93. The molecule has 7 heteroatoms. The maximum Gasteiger partial charge on any atom is 0.241 e. The summed E-state index contributed by atoms with van der Waals surface area (Å²) >= 11 is 3.21. The van der Waals surface area contributed by atoms with Gasteiger partial charge in [0.15, 0.2) is 0 Å². The van der Waals surface area contributed by atoms with Gasteiger partial charge in [-0.15, -0.1) is 0 Å². The molecule has 0 aliphatic heterocycles. The van der Waals surface area contributed by atoms with E-state index in [0.717, 1.165) is 0 Å². The number of hydrogen-bond acceptors (Lipinski definition) is 4. The molecule has 0 saturated heterocycles. The molecule has 2 aromatic carbocycles. The van der Waals surface area contributed by atoms with E-state index < -0.39 is 10.0 Å². The van der Waals surface area contributed by atoms with Gasteiger partial charge in [0, 0.05) is 16.7 Å². The van der Waals surface area contributed by atoms with Crippen LogP contribution in [0.25, 0.3) is 0 Å². The highest BCUT2D eigenvalue weighted by Gasteiger charge is 2.17. The summed E-state index contributed by atoms with van der Waals surface area (Å²) in [6.45, 7) is 0.404. The van der Waals surface area contributed by atoms with Crippen LogP contribution in [-0.4, -0.2) is 21.6 Å². The summed E-state index contributed by atoms with van der Waals surface area (Å²) in [4.78, 5) is 0.113. The molecule has 0 aromatic heterocycles. The fourth-order valence-electron chi connectivity index (χ4n) is 1.67. The van der Waals surface area contributed by atoms with Gasteiger partial charge in [-0.25, -0.2) is 13.1 Å². The van der Waals surface area contributed by atoms with Crippen molar-refractivity contribution in [3.05, 3.63) is 53.0 Å². The first-order valence-electron chi connectivity index (χ1n) is 6.21. The number of benzene rings is 2. The zero-order valence-electron chi connectivity index (χ0n) is 11.1. The number of hydrogen-bond donors (Lipinski definition) is 2. The van der Waals surface area contributed by atoms with Gasteiger partial charge < -0.3 is 10.5 Å². The van der Waals surface area contributed by atoms with Gasteiger partial charge in [-0.3, -0.25) is 0 Å². The maximum absolute atomic E-state index is 12.2. The Morgan fingerprint density at radius 2 is 1.86 bits per heavy atom. The molecule has 0 aliphatic rings. The molecule has 0 aliphatic carbocycles. The van der Waals surface area contributed by atoms with Gasteiger partial charge >= 0.3 is 0 Å². The number of para-hydroxylation sites is 1. The zero-order valence-corrected chi connectivity index (χ0v) is 13.5. The molecule has 0 atom stereocenters. The highest BCUT2D eigenvalue weighted by Crippen LogP contribution is 2.23. The molecule has 0 amide bonds. The lowest BCUT2D eigenvalue weighted by Gasteiger charge is -2.10. The van der Waals surface area contributed by atoms with E-state index in [0.29, 0.717) is 15.9 Å². The molecule has 0 unspecified atom stereocenters. The fourth-order valence-corrected chi connectivity index (χ4v) is 3.67. The van der Waals surface area contributed by atoms with Crippen LogP contribution in [-0.2, 0) is 10.0 Å². The van der Waals surface area contributed by atoms with Gasteiger partial charge in [0.25, 0.3) is 0 Å². The summed E-state index contributed by atoms with van der Waals surface area (Å²) in [5.74, 6) is 0.696. The Kier molecular flexibility index (Phi) is 5.22. The number of rotatable bonds is 6. The third kappa shape index (κ3) is 4.45. The minimum absolute atomic E-state index is 0.113. The second-order valence-corrected chi connectivity index (χ2v) is 6.84. The third-order valence-corrected chi connectivity index (χ3v) is 5.11. The number of ether oxygens (including phenoxy) is 1. The topological polar surface area (TPSA) is 81.4 Å². The van der Waals surface area contributed by atoms with E-state index in [2.05, 4.69) is 20.7 Å². The molecule has 2 aromatic rings. The van der Waals surface area contributed by atoms with Gasteiger partial charge in [-0.2, -0.15) is 0 Å². The zero-order chi connectivity index (χ0) is 15.3. The lowest BCUT2D eigenvalue weighted by molar-refractivity contribution is 0.323. The van der Waals surface area contributed by atoms with Gasteiger partial charge in [-0.05, 0) is 46.3 Å². The van der Waals surface area contributed by atoms with Gasteiger partial charge in [0.05, 0.1) is 4.90 Å². The first-order valence-corrected chi connectivity index (χ1v) is 8.49. The quantitative estimate of drug-likeness (QED) is 0.604. The average molecular weight is 371 g/mol. The van der Waals surface area contributed by atoms with Crippen LogP contribution in [0.5, 0.6) is 5.75 Å². The van der Waals surface area contributed by atoms with Crippen LogP contribution in [0.1, 0.15) is 0 Å². The molecular weight excluding hydrogens is 356 g/mol. The number of halogens is 1. The van der Waals surface area contributed by atoms with Crippen LogP contribution in [0.2, 0.25) is 0 Å². The Bertz CT molecular complexity index is 705. The SMILES string of the molecule is Nc1ccc(Br)c(S(=O)(=O)NCCOc2ccccc2)c1. The Labute approximate surface area is 132 Å². The lowest BCUT2D eigenvalue weighted by Crippen LogP contribution is -2.28. The minimum Gasteiger partial charge on any atom is -0.492 e. The predicted molar refractivity (Wildman–Crippen MR) is 85.7 cm³/mol. The van der Waals surface area contributed by atoms with E-state index in [-0.39, 0.29) is 18.0 Å². The second-order valence-electron chi connectivity index (χ2n) is 4.25. The summed E-state index contributed by atoms with van der Waals surface area (Å²) in [6, 6.07) is 13.8.